The van der Waals surface area contributed by atoms with E-state index in [1.54, 1.807) is 0 Å². The van der Waals surface area contributed by atoms with Crippen molar-refractivity contribution >= 4 is 11.8 Å². The fourth-order valence-corrected chi connectivity index (χ4v) is 2.68. The van der Waals surface area contributed by atoms with Crippen LogP contribution in [0.2, 0.25) is 0 Å². The van der Waals surface area contributed by atoms with Crippen molar-refractivity contribution in [1.82, 2.24) is 15.1 Å². The van der Waals surface area contributed by atoms with Crippen molar-refractivity contribution in [3.8, 4) is 0 Å². The molecule has 0 radical (unpaired) electrons. The third-order valence-electron chi connectivity index (χ3n) is 4.17. The molecule has 2 saturated heterocycles. The first kappa shape index (κ1) is 13.3. The van der Waals surface area contributed by atoms with Gasteiger partial charge in [-0.15, -0.1) is 0 Å². The number of nitrogens with zero attached hydrogens (tertiary/aromatic N) is 2. The molecule has 0 unspecified atom stereocenters. The number of hydrogen-bond donors (Lipinski definition) is 1. The van der Waals surface area contributed by atoms with E-state index in [-0.39, 0.29) is 23.8 Å². The summed E-state index contributed by atoms with van der Waals surface area (Å²) >= 11 is 0. The van der Waals surface area contributed by atoms with Crippen LogP contribution in [0.4, 0.5) is 0 Å². The highest BCUT2D eigenvalue weighted by Gasteiger charge is 2.33. The number of hydrogen-bond acceptors (Lipinski definition) is 3. The average molecular weight is 253 g/mol. The van der Waals surface area contributed by atoms with Crippen LogP contribution < -0.4 is 5.32 Å². The second kappa shape index (κ2) is 5.26. The van der Waals surface area contributed by atoms with E-state index >= 15 is 0 Å². The lowest BCUT2D eigenvalue weighted by molar-refractivity contribution is -0.131. The summed E-state index contributed by atoms with van der Waals surface area (Å²) in [5, 5.41) is 2.64. The van der Waals surface area contributed by atoms with Gasteiger partial charge in [-0.05, 0) is 38.4 Å². The van der Waals surface area contributed by atoms with Gasteiger partial charge in [0.15, 0.2) is 0 Å². The minimum Gasteiger partial charge on any atom is -0.347 e. The first-order valence-corrected chi connectivity index (χ1v) is 6.72. The number of piperidine rings is 1. The van der Waals surface area contributed by atoms with Gasteiger partial charge in [0, 0.05) is 19.5 Å². The number of carbonyl (C=O) groups excluding carboxylic acids is 2. The molecular formula is C13H23N3O2. The summed E-state index contributed by atoms with van der Waals surface area (Å²) in [7, 11) is 2.14. The lowest BCUT2D eigenvalue weighted by Gasteiger charge is -2.40. The SMILES string of the molecule is CN1CCC(C)(CN2CCC(=O)NCC2=O)CC1. The third-order valence-corrected chi connectivity index (χ3v) is 4.17. The van der Waals surface area contributed by atoms with Crippen molar-refractivity contribution in [3.63, 3.8) is 0 Å². The lowest BCUT2D eigenvalue weighted by atomic mass is 9.80. The predicted molar refractivity (Wildman–Crippen MR) is 69.0 cm³/mol. The van der Waals surface area contributed by atoms with Crippen molar-refractivity contribution < 1.29 is 9.59 Å². The van der Waals surface area contributed by atoms with Crippen LogP contribution in [0.1, 0.15) is 26.2 Å². The summed E-state index contributed by atoms with van der Waals surface area (Å²) in [6, 6.07) is 0. The van der Waals surface area contributed by atoms with Gasteiger partial charge in [-0.1, -0.05) is 6.92 Å². The van der Waals surface area contributed by atoms with E-state index in [0.717, 1.165) is 32.5 Å². The summed E-state index contributed by atoms with van der Waals surface area (Å²) in [6.07, 6.45) is 2.67. The molecule has 0 aromatic carbocycles. The number of likely N-dealkylation sites (tertiary alicyclic amines) is 1. The highest BCUT2D eigenvalue weighted by molar-refractivity contribution is 5.87. The molecule has 0 aromatic rings. The summed E-state index contributed by atoms with van der Waals surface area (Å²) in [6.45, 7) is 5.96. The Bertz CT molecular complexity index is 335. The Hall–Kier alpha value is -1.10. The van der Waals surface area contributed by atoms with E-state index in [9.17, 15) is 9.59 Å². The number of rotatable bonds is 2. The summed E-state index contributed by atoms with van der Waals surface area (Å²) in [5.74, 6) is 0.0420. The van der Waals surface area contributed by atoms with Crippen LogP contribution in [-0.2, 0) is 9.59 Å². The van der Waals surface area contributed by atoms with Crippen LogP contribution >= 0.6 is 0 Å². The zero-order valence-corrected chi connectivity index (χ0v) is 11.4. The maximum absolute atomic E-state index is 11.9. The molecule has 2 amide bonds. The van der Waals surface area contributed by atoms with Gasteiger partial charge in [0.1, 0.15) is 0 Å². The first-order chi connectivity index (χ1) is 8.48. The highest BCUT2D eigenvalue weighted by Crippen LogP contribution is 2.31. The largest absolute Gasteiger partial charge is 0.347 e. The van der Waals surface area contributed by atoms with Gasteiger partial charge in [0.2, 0.25) is 11.8 Å². The Balaban J connectivity index is 1.95. The highest BCUT2D eigenvalue weighted by atomic mass is 16.2. The number of carbonyl (C=O) groups is 2. The Labute approximate surface area is 108 Å². The van der Waals surface area contributed by atoms with E-state index < -0.39 is 0 Å². The van der Waals surface area contributed by atoms with Crippen LogP contribution in [-0.4, -0.2) is 61.4 Å². The zero-order chi connectivity index (χ0) is 13.2. The molecule has 102 valence electrons. The van der Waals surface area contributed by atoms with Gasteiger partial charge in [0.25, 0.3) is 0 Å². The Morgan fingerprint density at radius 2 is 1.89 bits per heavy atom. The smallest absolute Gasteiger partial charge is 0.241 e. The van der Waals surface area contributed by atoms with Crippen molar-refractivity contribution in [2.45, 2.75) is 26.2 Å². The minimum atomic E-state index is -0.0145. The van der Waals surface area contributed by atoms with Crippen molar-refractivity contribution in [3.05, 3.63) is 0 Å². The molecule has 2 heterocycles. The summed E-state index contributed by atoms with van der Waals surface area (Å²) in [4.78, 5) is 27.4. The fourth-order valence-electron chi connectivity index (χ4n) is 2.68. The topological polar surface area (TPSA) is 52.6 Å². The minimum absolute atomic E-state index is 0.0145. The van der Waals surface area contributed by atoms with E-state index in [0.29, 0.717) is 13.0 Å². The van der Waals surface area contributed by atoms with Crippen LogP contribution in [0.5, 0.6) is 0 Å². The molecule has 2 aliphatic rings. The van der Waals surface area contributed by atoms with Crippen molar-refractivity contribution in [1.29, 1.82) is 0 Å². The predicted octanol–water partition coefficient (Wildman–Crippen LogP) is 0.0668. The lowest BCUT2D eigenvalue weighted by Crippen LogP contribution is -2.46. The van der Waals surface area contributed by atoms with Gasteiger partial charge in [-0.25, -0.2) is 0 Å². The molecule has 0 atom stereocenters. The normalized spacial score (nSPS) is 25.8. The molecule has 0 aliphatic carbocycles. The molecule has 2 aliphatic heterocycles. The third kappa shape index (κ3) is 3.22. The quantitative estimate of drug-likeness (QED) is 0.757. The molecule has 0 spiro atoms. The Morgan fingerprint density at radius 1 is 1.22 bits per heavy atom. The molecule has 2 rings (SSSR count). The van der Waals surface area contributed by atoms with Gasteiger partial charge < -0.3 is 15.1 Å². The van der Waals surface area contributed by atoms with Crippen LogP contribution in [0.15, 0.2) is 0 Å². The van der Waals surface area contributed by atoms with E-state index in [2.05, 4.69) is 24.2 Å². The maximum Gasteiger partial charge on any atom is 0.241 e. The number of amides is 2. The summed E-state index contributed by atoms with van der Waals surface area (Å²) < 4.78 is 0. The van der Waals surface area contributed by atoms with Crippen LogP contribution in [0.25, 0.3) is 0 Å². The summed E-state index contributed by atoms with van der Waals surface area (Å²) in [5.41, 5.74) is 0.204. The maximum atomic E-state index is 11.9. The van der Waals surface area contributed by atoms with E-state index in [4.69, 9.17) is 0 Å². The van der Waals surface area contributed by atoms with Gasteiger partial charge in [0.05, 0.1) is 6.54 Å². The molecule has 0 bridgehead atoms. The van der Waals surface area contributed by atoms with E-state index in [1.165, 1.54) is 0 Å². The second-order valence-corrected chi connectivity index (χ2v) is 5.96. The molecule has 2 fully saturated rings. The molecule has 0 saturated carbocycles. The fraction of sp³-hybridized carbons (Fsp3) is 0.846. The Morgan fingerprint density at radius 3 is 2.56 bits per heavy atom. The molecule has 5 heteroatoms. The standard InChI is InChI=1S/C13H23N3O2/c1-13(4-7-15(2)8-5-13)10-16-6-3-11(17)14-9-12(16)18/h3-10H2,1-2H3,(H,14,17). The zero-order valence-electron chi connectivity index (χ0n) is 11.4. The van der Waals surface area contributed by atoms with Gasteiger partial charge in [-0.3, -0.25) is 9.59 Å². The van der Waals surface area contributed by atoms with Crippen molar-refractivity contribution in [2.24, 2.45) is 5.41 Å². The molecule has 18 heavy (non-hydrogen) atoms. The van der Waals surface area contributed by atoms with Crippen LogP contribution in [0.3, 0.4) is 0 Å². The van der Waals surface area contributed by atoms with Crippen molar-refractivity contribution in [2.75, 3.05) is 39.8 Å². The molecular weight excluding hydrogens is 230 g/mol. The average Bonchev–Trinajstić information content (AvgIpc) is 2.49. The Kier molecular flexibility index (Phi) is 3.90. The van der Waals surface area contributed by atoms with Gasteiger partial charge in [-0.2, -0.15) is 0 Å². The molecule has 0 aromatic heterocycles. The van der Waals surface area contributed by atoms with Gasteiger partial charge >= 0.3 is 0 Å². The number of nitrogens with one attached hydrogen (secondary N) is 1. The molecule has 1 N–H and O–H groups in total. The van der Waals surface area contributed by atoms with Crippen LogP contribution in [0, 0.1) is 5.41 Å². The van der Waals surface area contributed by atoms with E-state index in [1.807, 2.05) is 4.90 Å². The monoisotopic (exact) mass is 253 g/mol. The first-order valence-electron chi connectivity index (χ1n) is 6.72. The second-order valence-electron chi connectivity index (χ2n) is 5.96. The molecule has 5 nitrogen and oxygen atoms in total.